The number of hydrogen-bond donors (Lipinski definition) is 1. The van der Waals surface area contributed by atoms with Gasteiger partial charge in [-0.25, -0.2) is 4.52 Å². The Balaban J connectivity index is 1.57. The Labute approximate surface area is 134 Å². The Morgan fingerprint density at radius 1 is 1.22 bits per heavy atom. The molecule has 0 saturated carbocycles. The van der Waals surface area contributed by atoms with Gasteiger partial charge in [-0.2, -0.15) is 5.10 Å². The van der Waals surface area contributed by atoms with Crippen LogP contribution in [0, 0.1) is 0 Å². The molecule has 3 aromatic heterocycles. The van der Waals surface area contributed by atoms with E-state index >= 15 is 0 Å². The first-order valence-corrected chi connectivity index (χ1v) is 8.00. The van der Waals surface area contributed by atoms with Crippen LogP contribution in [-0.2, 0) is 7.05 Å². The van der Waals surface area contributed by atoms with Crippen molar-refractivity contribution >= 4 is 5.52 Å². The fraction of sp³-hybridized carbons (Fsp3) is 0.438. The highest BCUT2D eigenvalue weighted by atomic mass is 16.5. The summed E-state index contributed by atoms with van der Waals surface area (Å²) in [5, 5.41) is 12.1. The topological polar surface area (TPSA) is 69.3 Å². The Morgan fingerprint density at radius 2 is 2.17 bits per heavy atom. The van der Waals surface area contributed by atoms with Gasteiger partial charge in [-0.15, -0.1) is 5.10 Å². The average molecular weight is 312 g/mol. The van der Waals surface area contributed by atoms with Gasteiger partial charge in [0, 0.05) is 24.9 Å². The molecule has 0 bridgehead atoms. The number of aryl methyl sites for hydroxylation is 1. The van der Waals surface area contributed by atoms with Crippen LogP contribution in [0.3, 0.4) is 0 Å². The molecule has 120 valence electrons. The molecule has 0 spiro atoms. The average Bonchev–Trinajstić information content (AvgIpc) is 3.06. The molecule has 0 radical (unpaired) electrons. The molecule has 3 aromatic rings. The summed E-state index contributed by atoms with van der Waals surface area (Å²) in [6, 6.07) is 1.94. The summed E-state index contributed by atoms with van der Waals surface area (Å²) in [5.41, 5.74) is 2.75. The van der Waals surface area contributed by atoms with Crippen LogP contribution in [0.4, 0.5) is 0 Å². The Morgan fingerprint density at radius 3 is 3.04 bits per heavy atom. The largest absolute Gasteiger partial charge is 0.473 e. The molecule has 0 amide bonds. The summed E-state index contributed by atoms with van der Waals surface area (Å²) in [5.74, 6) is 0.669. The van der Waals surface area contributed by atoms with Crippen molar-refractivity contribution in [2.75, 3.05) is 13.1 Å². The fourth-order valence-electron chi connectivity index (χ4n) is 2.91. The molecule has 1 atom stereocenters. The predicted octanol–water partition coefficient (Wildman–Crippen LogP) is 1.65. The lowest BCUT2D eigenvalue weighted by Crippen LogP contribution is -2.19. The van der Waals surface area contributed by atoms with Gasteiger partial charge in [-0.05, 0) is 32.4 Å². The standard InChI is InChI=1S/C16H20N6O/c1-21-10-12(8-19-21)15-11-22-13(9-18-15)7-16(20-22)23-14-3-2-5-17-6-4-14/h7-11,14,17H,2-6H2,1H3/t14-/m0/s1. The second-order valence-corrected chi connectivity index (χ2v) is 5.95. The van der Waals surface area contributed by atoms with Crippen LogP contribution in [0.1, 0.15) is 19.3 Å². The van der Waals surface area contributed by atoms with Crippen LogP contribution < -0.4 is 10.1 Å². The van der Waals surface area contributed by atoms with E-state index < -0.39 is 0 Å². The van der Waals surface area contributed by atoms with Gasteiger partial charge in [0.05, 0.1) is 29.8 Å². The fourth-order valence-corrected chi connectivity index (χ4v) is 2.91. The quantitative estimate of drug-likeness (QED) is 0.796. The Kier molecular flexibility index (Phi) is 3.70. The minimum atomic E-state index is 0.237. The Bertz CT molecular complexity index is 800. The van der Waals surface area contributed by atoms with Crippen LogP contribution in [-0.4, -0.2) is 43.6 Å². The minimum Gasteiger partial charge on any atom is -0.473 e. The number of hydrogen-bond acceptors (Lipinski definition) is 5. The molecule has 4 rings (SSSR count). The highest BCUT2D eigenvalue weighted by Gasteiger charge is 2.15. The molecular formula is C16H20N6O. The summed E-state index contributed by atoms with van der Waals surface area (Å²) in [6.45, 7) is 2.08. The van der Waals surface area contributed by atoms with E-state index in [1.165, 1.54) is 0 Å². The normalized spacial score (nSPS) is 18.9. The molecular weight excluding hydrogens is 292 g/mol. The Hall–Kier alpha value is -2.41. The molecule has 7 heteroatoms. The van der Waals surface area contributed by atoms with Gasteiger partial charge in [-0.3, -0.25) is 9.67 Å². The molecule has 0 aliphatic carbocycles. The van der Waals surface area contributed by atoms with Crippen molar-refractivity contribution in [1.29, 1.82) is 0 Å². The van der Waals surface area contributed by atoms with Crippen molar-refractivity contribution < 1.29 is 4.74 Å². The van der Waals surface area contributed by atoms with Crippen molar-refractivity contribution in [1.82, 2.24) is 29.7 Å². The summed E-state index contributed by atoms with van der Waals surface area (Å²) in [7, 11) is 1.89. The van der Waals surface area contributed by atoms with Crippen molar-refractivity contribution in [3.05, 3.63) is 30.9 Å². The molecule has 7 nitrogen and oxygen atoms in total. The first-order chi connectivity index (χ1) is 11.3. The number of fused-ring (bicyclic) bond motifs is 1. The van der Waals surface area contributed by atoms with Crippen molar-refractivity contribution in [3.63, 3.8) is 0 Å². The van der Waals surface area contributed by atoms with Gasteiger partial charge < -0.3 is 10.1 Å². The van der Waals surface area contributed by atoms with Gasteiger partial charge >= 0.3 is 0 Å². The minimum absolute atomic E-state index is 0.237. The molecule has 1 aliphatic rings. The maximum Gasteiger partial charge on any atom is 0.234 e. The lowest BCUT2D eigenvalue weighted by molar-refractivity contribution is 0.179. The molecule has 1 aliphatic heterocycles. The van der Waals surface area contributed by atoms with E-state index in [9.17, 15) is 0 Å². The van der Waals surface area contributed by atoms with Crippen LogP contribution in [0.15, 0.2) is 30.9 Å². The molecule has 1 saturated heterocycles. The smallest absolute Gasteiger partial charge is 0.234 e. The summed E-state index contributed by atoms with van der Waals surface area (Å²) in [4.78, 5) is 4.49. The zero-order valence-corrected chi connectivity index (χ0v) is 13.1. The zero-order valence-electron chi connectivity index (χ0n) is 13.1. The lowest BCUT2D eigenvalue weighted by Gasteiger charge is -2.13. The molecule has 1 N–H and O–H groups in total. The van der Waals surface area contributed by atoms with Crippen LogP contribution in [0.25, 0.3) is 16.8 Å². The maximum absolute atomic E-state index is 6.05. The monoisotopic (exact) mass is 312 g/mol. The third-order valence-electron chi connectivity index (χ3n) is 4.13. The van der Waals surface area contributed by atoms with E-state index in [4.69, 9.17) is 4.74 Å². The highest BCUT2D eigenvalue weighted by Crippen LogP contribution is 2.21. The van der Waals surface area contributed by atoms with E-state index in [0.717, 1.165) is 49.1 Å². The second-order valence-electron chi connectivity index (χ2n) is 5.95. The zero-order chi connectivity index (χ0) is 15.6. The van der Waals surface area contributed by atoms with Gasteiger partial charge in [0.25, 0.3) is 0 Å². The number of rotatable bonds is 3. The molecule has 1 fully saturated rings. The second kappa shape index (κ2) is 6.00. The van der Waals surface area contributed by atoms with E-state index in [-0.39, 0.29) is 6.10 Å². The summed E-state index contributed by atoms with van der Waals surface area (Å²) < 4.78 is 9.64. The number of aromatic nitrogens is 5. The van der Waals surface area contributed by atoms with Crippen LogP contribution in [0.5, 0.6) is 5.88 Å². The maximum atomic E-state index is 6.05. The molecule has 23 heavy (non-hydrogen) atoms. The van der Waals surface area contributed by atoms with Crippen LogP contribution >= 0.6 is 0 Å². The van der Waals surface area contributed by atoms with E-state index in [0.29, 0.717) is 5.88 Å². The summed E-state index contributed by atoms with van der Waals surface area (Å²) >= 11 is 0. The van der Waals surface area contributed by atoms with Crippen LogP contribution in [0.2, 0.25) is 0 Å². The predicted molar refractivity (Wildman–Crippen MR) is 86.3 cm³/mol. The lowest BCUT2D eigenvalue weighted by atomic mass is 10.2. The first-order valence-electron chi connectivity index (χ1n) is 8.00. The van der Waals surface area contributed by atoms with Crippen molar-refractivity contribution in [3.8, 4) is 17.1 Å². The van der Waals surface area contributed by atoms with E-state index in [2.05, 4.69) is 20.5 Å². The third-order valence-corrected chi connectivity index (χ3v) is 4.13. The van der Waals surface area contributed by atoms with E-state index in [1.54, 1.807) is 10.9 Å². The van der Waals surface area contributed by atoms with Crippen molar-refractivity contribution in [2.24, 2.45) is 7.05 Å². The molecule has 0 unspecified atom stereocenters. The van der Waals surface area contributed by atoms with Gasteiger partial charge in [0.2, 0.25) is 5.88 Å². The van der Waals surface area contributed by atoms with E-state index in [1.807, 2.05) is 36.2 Å². The number of nitrogens with one attached hydrogen (secondary N) is 1. The number of ether oxygens (including phenoxy) is 1. The van der Waals surface area contributed by atoms with Gasteiger partial charge in [-0.1, -0.05) is 0 Å². The molecule has 4 heterocycles. The van der Waals surface area contributed by atoms with Gasteiger partial charge in [0.1, 0.15) is 6.10 Å². The first kappa shape index (κ1) is 14.2. The van der Waals surface area contributed by atoms with Gasteiger partial charge in [0.15, 0.2) is 0 Å². The summed E-state index contributed by atoms with van der Waals surface area (Å²) in [6.07, 6.45) is 10.9. The number of nitrogens with zero attached hydrogens (tertiary/aromatic N) is 5. The van der Waals surface area contributed by atoms with Crippen molar-refractivity contribution in [2.45, 2.75) is 25.4 Å². The molecule has 0 aromatic carbocycles. The SMILES string of the molecule is Cn1cc(-c2cn3nc(O[C@H]4CCCNCC4)cc3cn2)cn1. The third kappa shape index (κ3) is 3.05. The highest BCUT2D eigenvalue weighted by molar-refractivity contribution is 5.59.